The third-order valence-electron chi connectivity index (χ3n) is 4.43. The maximum atomic E-state index is 11.0. The van der Waals surface area contributed by atoms with Crippen molar-refractivity contribution in [3.8, 4) is 5.75 Å². The van der Waals surface area contributed by atoms with E-state index in [4.69, 9.17) is 0 Å². The Morgan fingerprint density at radius 1 is 1.08 bits per heavy atom. The van der Waals surface area contributed by atoms with Gasteiger partial charge in [-0.05, 0) is 56.9 Å². The molecule has 0 unspecified atom stereocenters. The number of anilines is 2. The maximum Gasteiger partial charge on any atom is 0.137 e. The Labute approximate surface area is 149 Å². The number of hydrogen-bond donors (Lipinski definition) is 1. The van der Waals surface area contributed by atoms with Crippen LogP contribution >= 0.6 is 0 Å². The summed E-state index contributed by atoms with van der Waals surface area (Å²) in [7, 11) is 0. The molecule has 5 nitrogen and oxygen atoms in total. The second kappa shape index (κ2) is 9.16. The van der Waals surface area contributed by atoms with Crippen LogP contribution in [0.3, 0.4) is 0 Å². The summed E-state index contributed by atoms with van der Waals surface area (Å²) >= 11 is 0. The maximum absolute atomic E-state index is 11.0. The fraction of sp³-hybridized carbons (Fsp3) is 0.450. The Bertz CT molecular complexity index is 702. The number of ketones is 1. The highest BCUT2D eigenvalue weighted by molar-refractivity contribution is 5.75. The van der Waals surface area contributed by atoms with Crippen molar-refractivity contribution < 1.29 is 9.90 Å². The molecule has 2 rings (SSSR count). The third kappa shape index (κ3) is 5.28. The van der Waals surface area contributed by atoms with Crippen LogP contribution in [-0.4, -0.2) is 27.4 Å². The largest absolute Gasteiger partial charge is 0.506 e. The lowest BCUT2D eigenvalue weighted by Crippen LogP contribution is -2.22. The summed E-state index contributed by atoms with van der Waals surface area (Å²) in [5.74, 6) is 2.16. The first-order chi connectivity index (χ1) is 12.0. The second-order valence-electron chi connectivity index (χ2n) is 6.42. The number of pyridine rings is 2. The molecule has 0 aliphatic rings. The highest BCUT2D eigenvalue weighted by atomic mass is 16.3. The van der Waals surface area contributed by atoms with Crippen LogP contribution in [0.4, 0.5) is 11.6 Å². The number of aromatic hydroxyl groups is 1. The van der Waals surface area contributed by atoms with Crippen LogP contribution in [0, 0.1) is 13.8 Å². The highest BCUT2D eigenvalue weighted by Crippen LogP contribution is 2.30. The number of carbonyl (C=O) groups excluding carboxylic acids is 1. The van der Waals surface area contributed by atoms with Gasteiger partial charge in [-0.15, -0.1) is 0 Å². The van der Waals surface area contributed by atoms with Crippen LogP contribution in [0.1, 0.15) is 50.2 Å². The summed E-state index contributed by atoms with van der Waals surface area (Å²) in [5.41, 5.74) is 1.80. The number of nitrogens with zero attached hydrogens (tertiary/aromatic N) is 3. The lowest BCUT2D eigenvalue weighted by atomic mass is 10.1. The van der Waals surface area contributed by atoms with Crippen molar-refractivity contribution in [1.29, 1.82) is 0 Å². The molecule has 2 aromatic heterocycles. The molecule has 0 spiro atoms. The van der Waals surface area contributed by atoms with Crippen LogP contribution in [-0.2, 0) is 4.79 Å². The van der Waals surface area contributed by atoms with E-state index in [1.165, 1.54) is 6.20 Å². The topological polar surface area (TPSA) is 66.3 Å². The minimum Gasteiger partial charge on any atom is -0.506 e. The first-order valence-corrected chi connectivity index (χ1v) is 8.84. The standard InChI is InChI=1S/C20H27N3O2/c1-15(24)10-6-4-5-9-13-23(19-11-7-8-12-21-19)20-17(3)16(2)18(25)14-22-20/h7-8,11-12,14,25H,4-6,9-10,13H2,1-3H3. The Balaban J connectivity index is 2.10. The quantitative estimate of drug-likeness (QED) is 0.681. The van der Waals surface area contributed by atoms with Gasteiger partial charge in [0.15, 0.2) is 0 Å². The van der Waals surface area contributed by atoms with Crippen LogP contribution in [0.5, 0.6) is 5.75 Å². The van der Waals surface area contributed by atoms with Gasteiger partial charge in [-0.1, -0.05) is 18.9 Å². The number of unbranched alkanes of at least 4 members (excludes halogenated alkanes) is 3. The zero-order chi connectivity index (χ0) is 18.2. The summed E-state index contributed by atoms with van der Waals surface area (Å²) in [6.45, 7) is 6.31. The smallest absolute Gasteiger partial charge is 0.137 e. The van der Waals surface area contributed by atoms with E-state index < -0.39 is 0 Å². The van der Waals surface area contributed by atoms with Crippen molar-refractivity contribution in [3.05, 3.63) is 41.7 Å². The Morgan fingerprint density at radius 3 is 2.52 bits per heavy atom. The van der Waals surface area contributed by atoms with Gasteiger partial charge in [0.2, 0.25) is 0 Å². The summed E-state index contributed by atoms with van der Waals surface area (Å²) in [6, 6.07) is 5.83. The molecular weight excluding hydrogens is 314 g/mol. The van der Waals surface area contributed by atoms with E-state index in [0.717, 1.165) is 55.0 Å². The third-order valence-corrected chi connectivity index (χ3v) is 4.43. The molecular formula is C20H27N3O2. The molecule has 0 saturated heterocycles. The van der Waals surface area contributed by atoms with Crippen molar-refractivity contribution >= 4 is 17.4 Å². The number of Topliss-reactive ketones (excluding diaryl/α,β-unsaturated/α-hetero) is 1. The monoisotopic (exact) mass is 341 g/mol. The van der Waals surface area contributed by atoms with Crippen LogP contribution < -0.4 is 4.90 Å². The average Bonchev–Trinajstić information content (AvgIpc) is 2.61. The van der Waals surface area contributed by atoms with Crippen LogP contribution in [0.2, 0.25) is 0 Å². The molecule has 0 amide bonds. The summed E-state index contributed by atoms with van der Waals surface area (Å²) < 4.78 is 0. The molecule has 0 bridgehead atoms. The predicted octanol–water partition coefficient (Wildman–Crippen LogP) is 4.48. The molecule has 0 aliphatic heterocycles. The molecule has 0 atom stereocenters. The number of hydrogen-bond acceptors (Lipinski definition) is 5. The Kier molecular flexibility index (Phi) is 6.92. The van der Waals surface area contributed by atoms with Crippen LogP contribution in [0.15, 0.2) is 30.6 Å². The molecule has 5 heteroatoms. The van der Waals surface area contributed by atoms with E-state index in [2.05, 4.69) is 14.9 Å². The molecule has 25 heavy (non-hydrogen) atoms. The molecule has 2 aromatic rings. The average molecular weight is 341 g/mol. The molecule has 0 aromatic carbocycles. The number of carbonyl (C=O) groups is 1. The summed E-state index contributed by atoms with van der Waals surface area (Å²) in [5, 5.41) is 9.87. The fourth-order valence-corrected chi connectivity index (χ4v) is 2.79. The lowest BCUT2D eigenvalue weighted by molar-refractivity contribution is -0.117. The normalized spacial score (nSPS) is 10.7. The zero-order valence-corrected chi connectivity index (χ0v) is 15.3. The second-order valence-corrected chi connectivity index (χ2v) is 6.42. The van der Waals surface area contributed by atoms with Crippen LogP contribution in [0.25, 0.3) is 0 Å². The zero-order valence-electron chi connectivity index (χ0n) is 15.3. The lowest BCUT2D eigenvalue weighted by Gasteiger charge is -2.25. The molecule has 1 N–H and O–H groups in total. The van der Waals surface area contributed by atoms with E-state index in [0.29, 0.717) is 6.42 Å². The van der Waals surface area contributed by atoms with Gasteiger partial charge >= 0.3 is 0 Å². The first-order valence-electron chi connectivity index (χ1n) is 8.84. The summed E-state index contributed by atoms with van der Waals surface area (Å²) in [4.78, 5) is 22.0. The van der Waals surface area contributed by atoms with Gasteiger partial charge in [-0.2, -0.15) is 0 Å². The predicted molar refractivity (Wildman–Crippen MR) is 100 cm³/mol. The fourth-order valence-electron chi connectivity index (χ4n) is 2.79. The molecule has 0 radical (unpaired) electrons. The van der Waals surface area contributed by atoms with Gasteiger partial charge in [0.05, 0.1) is 6.20 Å². The van der Waals surface area contributed by atoms with E-state index >= 15 is 0 Å². The number of rotatable bonds is 9. The molecule has 0 saturated carbocycles. The minimum absolute atomic E-state index is 0.214. The van der Waals surface area contributed by atoms with Gasteiger partial charge in [-0.25, -0.2) is 9.97 Å². The van der Waals surface area contributed by atoms with Gasteiger partial charge < -0.3 is 14.8 Å². The van der Waals surface area contributed by atoms with Crippen molar-refractivity contribution in [1.82, 2.24) is 9.97 Å². The van der Waals surface area contributed by atoms with E-state index in [1.807, 2.05) is 32.0 Å². The van der Waals surface area contributed by atoms with Crippen molar-refractivity contribution in [3.63, 3.8) is 0 Å². The van der Waals surface area contributed by atoms with Gasteiger partial charge in [0, 0.05) is 19.2 Å². The Morgan fingerprint density at radius 2 is 1.84 bits per heavy atom. The van der Waals surface area contributed by atoms with Crippen molar-refractivity contribution in [2.24, 2.45) is 0 Å². The van der Waals surface area contributed by atoms with Gasteiger partial charge in [0.25, 0.3) is 0 Å². The summed E-state index contributed by atoms with van der Waals surface area (Å²) in [6.07, 6.45) is 8.01. The van der Waals surface area contributed by atoms with E-state index in [9.17, 15) is 9.90 Å². The first kappa shape index (κ1) is 18.9. The SMILES string of the molecule is CC(=O)CCCCCCN(c1ccccn1)c1ncc(O)c(C)c1C. The molecule has 134 valence electrons. The van der Waals surface area contributed by atoms with Crippen molar-refractivity contribution in [2.45, 2.75) is 52.9 Å². The Hall–Kier alpha value is -2.43. The molecule has 0 aliphatic carbocycles. The van der Waals surface area contributed by atoms with E-state index in [-0.39, 0.29) is 11.5 Å². The highest BCUT2D eigenvalue weighted by Gasteiger charge is 2.16. The van der Waals surface area contributed by atoms with Gasteiger partial charge in [-0.3, -0.25) is 0 Å². The van der Waals surface area contributed by atoms with Gasteiger partial charge in [0.1, 0.15) is 23.2 Å². The molecule has 0 fully saturated rings. The van der Waals surface area contributed by atoms with E-state index in [1.54, 1.807) is 13.1 Å². The minimum atomic E-state index is 0.214. The number of aromatic nitrogens is 2. The van der Waals surface area contributed by atoms with Crippen molar-refractivity contribution in [2.75, 3.05) is 11.4 Å². The molecule has 2 heterocycles.